The van der Waals surface area contributed by atoms with Crippen LogP contribution in [0.1, 0.15) is 24.1 Å². The van der Waals surface area contributed by atoms with Gasteiger partial charge in [0.15, 0.2) is 6.20 Å². The van der Waals surface area contributed by atoms with Crippen molar-refractivity contribution in [2.24, 2.45) is 18.0 Å². The molecule has 1 fully saturated rings. The molecule has 0 saturated carbocycles. The number of carbonyl (C=O) groups excluding carboxylic acids is 1. The zero-order valence-corrected chi connectivity index (χ0v) is 21.0. The monoisotopic (exact) mass is 475 g/mol. The summed E-state index contributed by atoms with van der Waals surface area (Å²) in [5.41, 5.74) is 3.56. The van der Waals surface area contributed by atoms with Crippen molar-refractivity contribution in [1.82, 2.24) is 5.32 Å². The van der Waals surface area contributed by atoms with Crippen molar-refractivity contribution < 1.29 is 9.36 Å². The topological polar surface area (TPSA) is 48.6 Å². The van der Waals surface area contributed by atoms with Crippen molar-refractivity contribution in [3.8, 4) is 0 Å². The van der Waals surface area contributed by atoms with E-state index in [9.17, 15) is 4.79 Å². The molecule has 1 aromatic carbocycles. The third-order valence-electron chi connectivity index (χ3n) is 5.91. The summed E-state index contributed by atoms with van der Waals surface area (Å²) in [4.78, 5) is 19.2. The van der Waals surface area contributed by atoms with Gasteiger partial charge in [0.25, 0.3) is 0 Å². The standard InChI is InChI=1S/C28H34N4OS/c1-4-5-9-27(29-2)34-22-18-30-28(33)24-16-20-32(21-17-24)26-14-11-23(12-15-26)10-13-25-8-6-7-19-31(25)3/h4-15,19,24H,1,16-18,20-22H2,2-3H3/p+1/b9-5-,29-27?. The van der Waals surface area contributed by atoms with Gasteiger partial charge in [-0.15, -0.1) is 11.8 Å². The van der Waals surface area contributed by atoms with Gasteiger partial charge in [-0.25, -0.2) is 4.57 Å². The van der Waals surface area contributed by atoms with E-state index in [2.05, 4.69) is 68.8 Å². The molecular formula is C28H35N4OS+. The molecule has 178 valence electrons. The van der Waals surface area contributed by atoms with Crippen LogP contribution in [0.4, 0.5) is 5.69 Å². The molecule has 0 bridgehead atoms. The van der Waals surface area contributed by atoms with Crippen molar-refractivity contribution in [2.45, 2.75) is 12.8 Å². The van der Waals surface area contributed by atoms with Crippen LogP contribution in [0.15, 0.2) is 78.5 Å². The van der Waals surface area contributed by atoms with E-state index in [0.717, 1.165) is 42.4 Å². The van der Waals surface area contributed by atoms with Gasteiger partial charge in [0, 0.05) is 62.2 Å². The third kappa shape index (κ3) is 7.73. The van der Waals surface area contributed by atoms with E-state index < -0.39 is 0 Å². The molecule has 0 spiro atoms. The average molecular weight is 476 g/mol. The van der Waals surface area contributed by atoms with E-state index in [-0.39, 0.29) is 11.8 Å². The number of nitrogens with one attached hydrogen (secondary N) is 1. The van der Waals surface area contributed by atoms with Gasteiger partial charge < -0.3 is 10.2 Å². The summed E-state index contributed by atoms with van der Waals surface area (Å²) in [6, 6.07) is 14.8. The van der Waals surface area contributed by atoms with Crippen molar-refractivity contribution in [3.05, 3.63) is 84.7 Å². The molecule has 1 N–H and O–H groups in total. The van der Waals surface area contributed by atoms with Crippen LogP contribution < -0.4 is 14.8 Å². The molecular weight excluding hydrogens is 440 g/mol. The zero-order chi connectivity index (χ0) is 24.2. The molecule has 5 nitrogen and oxygen atoms in total. The van der Waals surface area contributed by atoms with E-state index in [1.807, 2.05) is 37.5 Å². The van der Waals surface area contributed by atoms with Crippen molar-refractivity contribution >= 4 is 40.6 Å². The summed E-state index contributed by atoms with van der Waals surface area (Å²) in [7, 11) is 3.82. The molecule has 1 aromatic heterocycles. The Morgan fingerprint density at radius 3 is 2.65 bits per heavy atom. The highest BCUT2D eigenvalue weighted by Crippen LogP contribution is 2.24. The number of piperidine rings is 1. The van der Waals surface area contributed by atoms with Crippen molar-refractivity contribution in [2.75, 3.05) is 37.3 Å². The van der Waals surface area contributed by atoms with Gasteiger partial charge in [0.2, 0.25) is 11.6 Å². The maximum atomic E-state index is 12.6. The van der Waals surface area contributed by atoms with Crippen LogP contribution in [-0.4, -0.2) is 43.4 Å². The Morgan fingerprint density at radius 1 is 1.21 bits per heavy atom. The number of pyridine rings is 1. The number of hydrogen-bond donors (Lipinski definition) is 1. The summed E-state index contributed by atoms with van der Waals surface area (Å²) < 4.78 is 2.10. The zero-order valence-electron chi connectivity index (χ0n) is 20.2. The largest absolute Gasteiger partial charge is 0.371 e. The highest BCUT2D eigenvalue weighted by molar-refractivity contribution is 8.14. The number of aliphatic imine (C=N–C) groups is 1. The predicted molar refractivity (Wildman–Crippen MR) is 146 cm³/mol. The van der Waals surface area contributed by atoms with Gasteiger partial charge in [0.05, 0.1) is 5.04 Å². The van der Waals surface area contributed by atoms with Crippen LogP contribution in [0.2, 0.25) is 0 Å². The van der Waals surface area contributed by atoms with Crippen molar-refractivity contribution in [1.29, 1.82) is 0 Å². The second kappa shape index (κ2) is 13.6. The Bertz CT molecular complexity index is 1030. The minimum atomic E-state index is 0.0926. The van der Waals surface area contributed by atoms with E-state index in [4.69, 9.17) is 0 Å². The molecule has 1 saturated heterocycles. The van der Waals surface area contributed by atoms with Crippen LogP contribution in [-0.2, 0) is 11.8 Å². The number of nitrogens with zero attached hydrogens (tertiary/aromatic N) is 3. The average Bonchev–Trinajstić information content (AvgIpc) is 2.88. The highest BCUT2D eigenvalue weighted by Gasteiger charge is 2.24. The lowest BCUT2D eigenvalue weighted by atomic mass is 9.95. The third-order valence-corrected chi connectivity index (χ3v) is 6.93. The summed E-state index contributed by atoms with van der Waals surface area (Å²) in [6.45, 7) is 6.13. The van der Waals surface area contributed by atoms with E-state index in [0.29, 0.717) is 6.54 Å². The molecule has 6 heteroatoms. The normalized spacial score (nSPS) is 15.2. The Morgan fingerprint density at radius 2 is 1.97 bits per heavy atom. The van der Waals surface area contributed by atoms with Crippen LogP contribution in [0, 0.1) is 5.92 Å². The smallest absolute Gasteiger partial charge is 0.223 e. The van der Waals surface area contributed by atoms with Gasteiger partial charge in [-0.2, -0.15) is 0 Å². The van der Waals surface area contributed by atoms with Crippen LogP contribution >= 0.6 is 11.8 Å². The molecule has 0 unspecified atom stereocenters. The minimum Gasteiger partial charge on any atom is -0.371 e. The summed E-state index contributed by atoms with van der Waals surface area (Å²) >= 11 is 1.64. The maximum Gasteiger partial charge on any atom is 0.223 e. The molecule has 1 amide bonds. The highest BCUT2D eigenvalue weighted by atomic mass is 32.2. The molecule has 0 atom stereocenters. The Hall–Kier alpha value is -3.12. The second-order valence-corrected chi connectivity index (χ2v) is 9.33. The lowest BCUT2D eigenvalue weighted by Gasteiger charge is -2.33. The number of thioether (sulfide) groups is 1. The quantitative estimate of drug-likeness (QED) is 0.191. The Balaban J connectivity index is 1.42. The number of hydrogen-bond acceptors (Lipinski definition) is 4. The SMILES string of the molecule is C=C/C=C\C(=NC)SCCNC(=O)C1CCN(c2ccc(/C=C/c3cccc[n+]3C)cc2)CC1. The predicted octanol–water partition coefficient (Wildman–Crippen LogP) is 4.52. The fourth-order valence-corrected chi connectivity index (χ4v) is 4.62. The maximum absolute atomic E-state index is 12.6. The molecule has 1 aliphatic rings. The number of benzene rings is 1. The molecule has 2 heterocycles. The van der Waals surface area contributed by atoms with Gasteiger partial charge in [-0.3, -0.25) is 9.79 Å². The van der Waals surface area contributed by atoms with E-state index in [1.54, 1.807) is 24.9 Å². The fraction of sp³-hybridized carbons (Fsp3) is 0.321. The van der Waals surface area contributed by atoms with Crippen LogP contribution in [0.3, 0.4) is 0 Å². The Labute approximate surface area is 208 Å². The van der Waals surface area contributed by atoms with Gasteiger partial charge in [0.1, 0.15) is 7.05 Å². The number of aryl methyl sites for hydroxylation is 1. The number of carbonyl (C=O) groups is 1. The number of anilines is 1. The van der Waals surface area contributed by atoms with E-state index in [1.165, 1.54) is 11.3 Å². The second-order valence-electron chi connectivity index (χ2n) is 8.22. The molecule has 0 radical (unpaired) electrons. The van der Waals surface area contributed by atoms with Gasteiger partial charge in [-0.05, 0) is 48.8 Å². The minimum absolute atomic E-state index is 0.0926. The Kier molecular flexibility index (Phi) is 10.2. The van der Waals surface area contributed by atoms with Gasteiger partial charge in [-0.1, -0.05) is 30.9 Å². The molecule has 1 aliphatic heterocycles. The van der Waals surface area contributed by atoms with Crippen molar-refractivity contribution in [3.63, 3.8) is 0 Å². The molecule has 2 aromatic rings. The molecule has 34 heavy (non-hydrogen) atoms. The number of rotatable bonds is 9. The molecule has 0 aliphatic carbocycles. The van der Waals surface area contributed by atoms with E-state index >= 15 is 0 Å². The van der Waals surface area contributed by atoms with Crippen LogP contribution in [0.5, 0.6) is 0 Å². The van der Waals surface area contributed by atoms with Gasteiger partial charge >= 0.3 is 0 Å². The summed E-state index contributed by atoms with van der Waals surface area (Å²) in [5.74, 6) is 1.07. The summed E-state index contributed by atoms with van der Waals surface area (Å²) in [5, 5.41) is 4.04. The lowest BCUT2D eigenvalue weighted by Crippen LogP contribution is -2.41. The molecule has 3 rings (SSSR count). The number of allylic oxidation sites excluding steroid dienone is 2. The lowest BCUT2D eigenvalue weighted by molar-refractivity contribution is -0.673. The summed E-state index contributed by atoms with van der Waals surface area (Å²) in [6.07, 6.45) is 13.6. The number of amides is 1. The first-order chi connectivity index (χ1) is 16.6. The first-order valence-electron chi connectivity index (χ1n) is 11.7. The first kappa shape index (κ1) is 25.5. The fourth-order valence-electron chi connectivity index (χ4n) is 3.90. The van der Waals surface area contributed by atoms with Crippen LogP contribution in [0.25, 0.3) is 12.2 Å². The number of aromatic nitrogens is 1. The first-order valence-corrected chi connectivity index (χ1v) is 12.7.